The Morgan fingerprint density at radius 2 is 1.03 bits per heavy atom. The number of thiophene rings is 1. The maximum atomic E-state index is 6.83. The van der Waals surface area contributed by atoms with Gasteiger partial charge in [-0.3, -0.25) is 0 Å². The highest BCUT2D eigenvalue weighted by molar-refractivity contribution is 7.25. The summed E-state index contributed by atoms with van der Waals surface area (Å²) in [5.41, 5.74) is 12.0. The summed E-state index contributed by atoms with van der Waals surface area (Å²) in [6.07, 6.45) is 0. The van der Waals surface area contributed by atoms with Crippen molar-refractivity contribution in [3.8, 4) is 28.3 Å². The zero-order chi connectivity index (χ0) is 38.9. The Morgan fingerprint density at radius 3 is 1.93 bits per heavy atom. The van der Waals surface area contributed by atoms with Crippen molar-refractivity contribution in [2.45, 2.75) is 0 Å². The number of fused-ring (bicyclic) bond motifs is 8. The molecule has 0 spiro atoms. The topological polar surface area (TPSA) is 20.6 Å². The standard InChI is InChI=1S/C54H35N3OS/c1-3-14-36(15-4-1)37-16-13-19-39(32-37)55(40-27-30-48-46(33-40)43-20-7-9-22-47(43)56(48)38-17-5-2-6-18-38)41-28-31-50-52(34-41)58-51-24-11-10-23-49(51)57(50)42-26-29-45-44-21-8-12-25-53(44)59-54(45)35-42/h1-35H. The molecular weight excluding hydrogens is 739 g/mol. The molecule has 12 rings (SSSR count). The van der Waals surface area contributed by atoms with Gasteiger partial charge in [-0.05, 0) is 102 Å². The van der Waals surface area contributed by atoms with E-state index in [0.717, 1.165) is 62.4 Å². The van der Waals surface area contributed by atoms with Crippen molar-refractivity contribution in [2.75, 3.05) is 9.80 Å². The molecule has 0 radical (unpaired) electrons. The number of aromatic nitrogens is 1. The molecule has 0 amide bonds. The van der Waals surface area contributed by atoms with Crippen molar-refractivity contribution < 1.29 is 4.74 Å². The van der Waals surface area contributed by atoms with Gasteiger partial charge in [0, 0.05) is 65.4 Å². The first-order valence-corrected chi connectivity index (χ1v) is 20.7. The maximum Gasteiger partial charge on any atom is 0.153 e. The molecule has 0 bridgehead atoms. The SMILES string of the molecule is c1ccc(-c2cccc(N(c3ccc4c(c3)Oc3ccccc3N4c3ccc4c(c3)sc3ccccc34)c3ccc4c(c3)c3ccccc3n4-c3ccccc3)c2)cc1. The monoisotopic (exact) mass is 773 g/mol. The number of hydrogen-bond acceptors (Lipinski definition) is 4. The van der Waals surface area contributed by atoms with E-state index in [2.05, 4.69) is 221 Å². The first kappa shape index (κ1) is 33.5. The number of rotatable bonds is 6. The fraction of sp³-hybridized carbons (Fsp3) is 0. The minimum atomic E-state index is 0.795. The molecule has 278 valence electrons. The van der Waals surface area contributed by atoms with E-state index in [4.69, 9.17) is 4.74 Å². The molecule has 9 aromatic carbocycles. The molecule has 0 fully saturated rings. The largest absolute Gasteiger partial charge is 0.453 e. The third-order valence-corrected chi connectivity index (χ3v) is 12.7. The van der Waals surface area contributed by atoms with Crippen LogP contribution >= 0.6 is 11.3 Å². The molecule has 0 aliphatic carbocycles. The average Bonchev–Trinajstić information content (AvgIpc) is 3.84. The molecule has 5 heteroatoms. The van der Waals surface area contributed by atoms with Crippen LogP contribution in [0.15, 0.2) is 212 Å². The first-order valence-electron chi connectivity index (χ1n) is 19.9. The van der Waals surface area contributed by atoms with Crippen LogP contribution in [0.2, 0.25) is 0 Å². The summed E-state index contributed by atoms with van der Waals surface area (Å²) in [5.74, 6) is 1.62. The molecule has 0 saturated heterocycles. The number of para-hydroxylation sites is 4. The predicted octanol–water partition coefficient (Wildman–Crippen LogP) is 15.9. The van der Waals surface area contributed by atoms with Crippen LogP contribution in [-0.2, 0) is 0 Å². The lowest BCUT2D eigenvalue weighted by molar-refractivity contribution is 0.477. The summed E-state index contributed by atoms with van der Waals surface area (Å²) >= 11 is 1.84. The van der Waals surface area contributed by atoms with Crippen LogP contribution in [0.4, 0.5) is 34.1 Å². The molecule has 1 aliphatic rings. The van der Waals surface area contributed by atoms with E-state index in [1.165, 1.54) is 42.0 Å². The Hall–Kier alpha value is -7.60. The number of nitrogens with zero attached hydrogens (tertiary/aromatic N) is 3. The smallest absolute Gasteiger partial charge is 0.153 e. The molecule has 0 unspecified atom stereocenters. The highest BCUT2D eigenvalue weighted by atomic mass is 32.1. The van der Waals surface area contributed by atoms with E-state index in [0.29, 0.717) is 0 Å². The van der Waals surface area contributed by atoms with Crippen molar-refractivity contribution in [2.24, 2.45) is 0 Å². The molecule has 3 heterocycles. The van der Waals surface area contributed by atoms with E-state index in [1.54, 1.807) is 0 Å². The van der Waals surface area contributed by atoms with E-state index in [9.17, 15) is 0 Å². The van der Waals surface area contributed by atoms with Gasteiger partial charge in [0.2, 0.25) is 0 Å². The third-order valence-electron chi connectivity index (χ3n) is 11.5. The minimum Gasteiger partial charge on any atom is -0.453 e. The van der Waals surface area contributed by atoms with Crippen LogP contribution in [0.5, 0.6) is 11.5 Å². The highest BCUT2D eigenvalue weighted by Gasteiger charge is 2.28. The molecule has 0 N–H and O–H groups in total. The van der Waals surface area contributed by atoms with Gasteiger partial charge in [0.05, 0.1) is 22.4 Å². The van der Waals surface area contributed by atoms with Crippen molar-refractivity contribution in [3.05, 3.63) is 212 Å². The summed E-state index contributed by atoms with van der Waals surface area (Å²) < 4.78 is 11.8. The second kappa shape index (κ2) is 13.5. The van der Waals surface area contributed by atoms with Crippen LogP contribution in [0.25, 0.3) is 58.8 Å². The maximum absolute atomic E-state index is 6.83. The Kier molecular flexibility index (Phi) is 7.68. The highest BCUT2D eigenvalue weighted by Crippen LogP contribution is 2.53. The number of anilines is 6. The van der Waals surface area contributed by atoms with Gasteiger partial charge < -0.3 is 19.1 Å². The lowest BCUT2D eigenvalue weighted by Crippen LogP contribution is -2.17. The van der Waals surface area contributed by atoms with Gasteiger partial charge in [-0.2, -0.15) is 0 Å². The summed E-state index contributed by atoms with van der Waals surface area (Å²) in [6, 6.07) is 76.1. The van der Waals surface area contributed by atoms with Crippen LogP contribution in [0, 0.1) is 0 Å². The molecular formula is C54H35N3OS. The van der Waals surface area contributed by atoms with Crippen molar-refractivity contribution >= 4 is 87.4 Å². The summed E-state index contributed by atoms with van der Waals surface area (Å²) in [7, 11) is 0. The molecule has 0 atom stereocenters. The number of hydrogen-bond donors (Lipinski definition) is 0. The molecule has 0 saturated carbocycles. The van der Waals surface area contributed by atoms with Crippen molar-refractivity contribution in [1.29, 1.82) is 0 Å². The lowest BCUT2D eigenvalue weighted by Gasteiger charge is -2.34. The third kappa shape index (κ3) is 5.51. The molecule has 1 aliphatic heterocycles. The van der Waals surface area contributed by atoms with Crippen LogP contribution < -0.4 is 14.5 Å². The van der Waals surface area contributed by atoms with Gasteiger partial charge in [-0.1, -0.05) is 115 Å². The Balaban J connectivity index is 1.04. The van der Waals surface area contributed by atoms with Gasteiger partial charge in [0.25, 0.3) is 0 Å². The minimum absolute atomic E-state index is 0.795. The van der Waals surface area contributed by atoms with E-state index in [-0.39, 0.29) is 0 Å². The molecule has 59 heavy (non-hydrogen) atoms. The van der Waals surface area contributed by atoms with Gasteiger partial charge in [0.15, 0.2) is 11.5 Å². The predicted molar refractivity (Wildman–Crippen MR) is 249 cm³/mol. The molecule has 4 nitrogen and oxygen atoms in total. The molecule has 11 aromatic rings. The Bertz CT molecular complexity index is 3390. The van der Waals surface area contributed by atoms with Gasteiger partial charge in [0.1, 0.15) is 0 Å². The lowest BCUT2D eigenvalue weighted by atomic mass is 10.0. The summed E-state index contributed by atoms with van der Waals surface area (Å²) in [6.45, 7) is 0. The Labute approximate surface area is 345 Å². The van der Waals surface area contributed by atoms with Crippen LogP contribution in [0.3, 0.4) is 0 Å². The zero-order valence-electron chi connectivity index (χ0n) is 31.9. The van der Waals surface area contributed by atoms with Crippen LogP contribution in [0.1, 0.15) is 0 Å². The van der Waals surface area contributed by atoms with Gasteiger partial charge >= 0.3 is 0 Å². The fourth-order valence-electron chi connectivity index (χ4n) is 8.87. The summed E-state index contributed by atoms with van der Waals surface area (Å²) in [5, 5.41) is 4.98. The molecule has 2 aromatic heterocycles. The second-order valence-corrected chi connectivity index (χ2v) is 16.1. The van der Waals surface area contributed by atoms with Crippen LogP contribution in [-0.4, -0.2) is 4.57 Å². The van der Waals surface area contributed by atoms with Gasteiger partial charge in [-0.15, -0.1) is 11.3 Å². The van der Waals surface area contributed by atoms with E-state index < -0.39 is 0 Å². The zero-order valence-corrected chi connectivity index (χ0v) is 32.7. The second-order valence-electron chi connectivity index (χ2n) is 15.0. The Morgan fingerprint density at radius 1 is 0.373 bits per heavy atom. The fourth-order valence-corrected chi connectivity index (χ4v) is 10.0. The van der Waals surface area contributed by atoms with E-state index in [1.807, 2.05) is 17.4 Å². The normalized spacial score (nSPS) is 12.2. The van der Waals surface area contributed by atoms with Crippen molar-refractivity contribution in [3.63, 3.8) is 0 Å². The van der Waals surface area contributed by atoms with Gasteiger partial charge in [-0.25, -0.2) is 0 Å². The first-order chi connectivity index (χ1) is 29.2. The average molecular weight is 774 g/mol. The quantitative estimate of drug-likeness (QED) is 0.168. The number of ether oxygens (including phenoxy) is 1. The summed E-state index contributed by atoms with van der Waals surface area (Å²) in [4.78, 5) is 4.70. The van der Waals surface area contributed by atoms with E-state index >= 15 is 0 Å². The van der Waals surface area contributed by atoms with Crippen molar-refractivity contribution in [1.82, 2.24) is 4.57 Å². The number of benzene rings is 9.